The number of rotatable bonds is 3. The maximum Gasteiger partial charge on any atom is 0.408 e. The highest BCUT2D eigenvalue weighted by molar-refractivity contribution is 5.97. The number of nitrogens with one attached hydrogen (secondary N) is 1. The van der Waals surface area contributed by atoms with E-state index in [2.05, 4.69) is 10.4 Å². The normalized spacial score (nSPS) is 11.4. The third kappa shape index (κ3) is 3.53. The predicted molar refractivity (Wildman–Crippen MR) is 68.8 cm³/mol. The van der Waals surface area contributed by atoms with Gasteiger partial charge in [0.25, 0.3) is 5.91 Å². The van der Waals surface area contributed by atoms with Crippen LogP contribution in [0.2, 0.25) is 0 Å². The van der Waals surface area contributed by atoms with Crippen LogP contribution in [0, 0.1) is 0 Å². The van der Waals surface area contributed by atoms with Crippen LogP contribution in [0.25, 0.3) is 11.1 Å². The van der Waals surface area contributed by atoms with Crippen molar-refractivity contribution >= 4 is 5.91 Å². The van der Waals surface area contributed by atoms with Crippen molar-refractivity contribution in [1.82, 2.24) is 15.1 Å². The van der Waals surface area contributed by atoms with E-state index >= 15 is 0 Å². The van der Waals surface area contributed by atoms with Crippen LogP contribution in [0.15, 0.2) is 30.6 Å². The molecule has 1 aromatic carbocycles. The van der Waals surface area contributed by atoms with E-state index in [1.54, 1.807) is 0 Å². The summed E-state index contributed by atoms with van der Waals surface area (Å²) in [7, 11) is 1.43. The van der Waals surface area contributed by atoms with Gasteiger partial charge in [-0.05, 0) is 17.7 Å². The molecular weight excluding hydrogens is 287 g/mol. The lowest BCUT2D eigenvalue weighted by Gasteiger charge is -2.06. The zero-order valence-electron chi connectivity index (χ0n) is 11.0. The van der Waals surface area contributed by atoms with Gasteiger partial charge in [-0.2, -0.15) is 18.3 Å². The molecule has 0 aliphatic carbocycles. The van der Waals surface area contributed by atoms with Gasteiger partial charge < -0.3 is 10.4 Å². The number of amides is 1. The average Bonchev–Trinajstić information content (AvgIpc) is 2.84. The van der Waals surface area contributed by atoms with Gasteiger partial charge in [-0.1, -0.05) is 6.07 Å². The fourth-order valence-electron chi connectivity index (χ4n) is 1.82. The van der Waals surface area contributed by atoms with Gasteiger partial charge in [0.1, 0.15) is 12.3 Å². The predicted octanol–water partition coefficient (Wildman–Crippen LogP) is 2.18. The Bertz CT molecular complexity index is 665. The number of phenols is 1. The first kappa shape index (κ1) is 14.9. The highest BCUT2D eigenvalue weighted by Gasteiger charge is 2.28. The van der Waals surface area contributed by atoms with Crippen LogP contribution in [0.5, 0.6) is 5.75 Å². The molecule has 5 nitrogen and oxygen atoms in total. The summed E-state index contributed by atoms with van der Waals surface area (Å²) in [6.07, 6.45) is -1.86. The number of halogens is 3. The van der Waals surface area contributed by atoms with Gasteiger partial charge in [0.05, 0.1) is 11.8 Å². The summed E-state index contributed by atoms with van der Waals surface area (Å²) in [6.45, 7) is -1.19. The molecule has 2 rings (SSSR count). The molecule has 1 amide bonds. The van der Waals surface area contributed by atoms with Gasteiger partial charge in [0, 0.05) is 18.8 Å². The Kier molecular flexibility index (Phi) is 3.88. The minimum Gasteiger partial charge on any atom is -0.507 e. The molecule has 112 valence electrons. The van der Waals surface area contributed by atoms with Gasteiger partial charge in [-0.25, -0.2) is 0 Å². The lowest BCUT2D eigenvalue weighted by Crippen LogP contribution is -2.17. The monoisotopic (exact) mass is 299 g/mol. The number of aromatic nitrogens is 2. The van der Waals surface area contributed by atoms with Crippen molar-refractivity contribution in [3.63, 3.8) is 0 Å². The van der Waals surface area contributed by atoms with Gasteiger partial charge in [0.2, 0.25) is 0 Å². The second-order valence-electron chi connectivity index (χ2n) is 4.35. The van der Waals surface area contributed by atoms with E-state index in [1.165, 1.54) is 37.6 Å². The van der Waals surface area contributed by atoms with Crippen molar-refractivity contribution in [2.75, 3.05) is 7.05 Å². The van der Waals surface area contributed by atoms with E-state index in [1.807, 2.05) is 0 Å². The average molecular weight is 299 g/mol. The second kappa shape index (κ2) is 5.47. The number of hydrogen-bond donors (Lipinski definition) is 2. The molecule has 8 heteroatoms. The lowest BCUT2D eigenvalue weighted by atomic mass is 10.1. The van der Waals surface area contributed by atoms with Gasteiger partial charge in [0.15, 0.2) is 0 Å². The summed E-state index contributed by atoms with van der Waals surface area (Å²) in [6, 6.07) is 4.23. The van der Waals surface area contributed by atoms with E-state index in [-0.39, 0.29) is 11.3 Å². The molecule has 0 bridgehead atoms. The van der Waals surface area contributed by atoms with E-state index in [9.17, 15) is 23.1 Å². The summed E-state index contributed by atoms with van der Waals surface area (Å²) in [5, 5.41) is 15.8. The van der Waals surface area contributed by atoms with Crippen molar-refractivity contribution in [3.05, 3.63) is 36.2 Å². The largest absolute Gasteiger partial charge is 0.507 e. The molecule has 0 radical (unpaired) electrons. The maximum absolute atomic E-state index is 12.3. The number of alkyl halides is 3. The summed E-state index contributed by atoms with van der Waals surface area (Å²) < 4.78 is 37.5. The summed E-state index contributed by atoms with van der Waals surface area (Å²) in [5.74, 6) is -0.706. The first-order valence-corrected chi connectivity index (χ1v) is 5.95. The quantitative estimate of drug-likeness (QED) is 0.913. The standard InChI is InChI=1S/C13H12F3N3O2/c1-17-12(21)10-3-2-8(4-11(10)20)9-5-18-19(6-9)7-13(14,15)16/h2-6,20H,7H2,1H3,(H,17,21). The highest BCUT2D eigenvalue weighted by Crippen LogP contribution is 2.27. The molecular formula is C13H12F3N3O2. The molecule has 0 atom stereocenters. The van der Waals surface area contributed by atoms with E-state index < -0.39 is 18.6 Å². The molecule has 1 aromatic heterocycles. The molecule has 1 heterocycles. The first-order chi connectivity index (χ1) is 9.80. The minimum absolute atomic E-state index is 0.0870. The number of hydrogen-bond acceptors (Lipinski definition) is 3. The number of aromatic hydroxyl groups is 1. The Labute approximate surface area is 118 Å². The zero-order valence-corrected chi connectivity index (χ0v) is 11.0. The molecule has 0 saturated heterocycles. The Morgan fingerprint density at radius 3 is 2.67 bits per heavy atom. The zero-order chi connectivity index (χ0) is 15.6. The fourth-order valence-corrected chi connectivity index (χ4v) is 1.82. The van der Waals surface area contributed by atoms with Crippen LogP contribution >= 0.6 is 0 Å². The van der Waals surface area contributed by atoms with Crippen LogP contribution in [-0.4, -0.2) is 34.0 Å². The first-order valence-electron chi connectivity index (χ1n) is 5.95. The summed E-state index contributed by atoms with van der Waals surface area (Å²) in [5.41, 5.74) is 0.968. The molecule has 2 N–H and O–H groups in total. The number of carbonyl (C=O) groups is 1. The molecule has 0 aliphatic heterocycles. The Hall–Kier alpha value is -2.51. The van der Waals surface area contributed by atoms with Gasteiger partial charge >= 0.3 is 6.18 Å². The smallest absolute Gasteiger partial charge is 0.408 e. The van der Waals surface area contributed by atoms with Crippen LogP contribution in [0.4, 0.5) is 13.2 Å². The number of carbonyl (C=O) groups excluding carboxylic acids is 1. The maximum atomic E-state index is 12.3. The SMILES string of the molecule is CNC(=O)c1ccc(-c2cnn(CC(F)(F)F)c2)cc1O. The van der Waals surface area contributed by atoms with Crippen LogP contribution < -0.4 is 5.32 Å². The number of phenolic OH excluding ortho intramolecular Hbond substituents is 1. The minimum atomic E-state index is -4.35. The van der Waals surface area contributed by atoms with Crippen molar-refractivity contribution in [2.24, 2.45) is 0 Å². The Balaban J connectivity index is 2.27. The lowest BCUT2D eigenvalue weighted by molar-refractivity contribution is -0.142. The van der Waals surface area contributed by atoms with Crippen molar-refractivity contribution in [3.8, 4) is 16.9 Å². The van der Waals surface area contributed by atoms with E-state index in [0.29, 0.717) is 11.1 Å². The van der Waals surface area contributed by atoms with Crippen molar-refractivity contribution in [2.45, 2.75) is 12.7 Å². The Morgan fingerprint density at radius 1 is 1.38 bits per heavy atom. The van der Waals surface area contributed by atoms with Crippen molar-refractivity contribution < 1.29 is 23.1 Å². The topological polar surface area (TPSA) is 67.2 Å². The molecule has 2 aromatic rings. The van der Waals surface area contributed by atoms with Crippen LogP contribution in [0.3, 0.4) is 0 Å². The molecule has 0 unspecified atom stereocenters. The fraction of sp³-hybridized carbons (Fsp3) is 0.231. The summed E-state index contributed by atoms with van der Waals surface area (Å²) >= 11 is 0. The molecule has 21 heavy (non-hydrogen) atoms. The molecule has 0 fully saturated rings. The number of nitrogens with zero attached hydrogens (tertiary/aromatic N) is 2. The highest BCUT2D eigenvalue weighted by atomic mass is 19.4. The molecule has 0 aliphatic rings. The molecule has 0 spiro atoms. The van der Waals surface area contributed by atoms with Crippen LogP contribution in [0.1, 0.15) is 10.4 Å². The van der Waals surface area contributed by atoms with Crippen molar-refractivity contribution in [1.29, 1.82) is 0 Å². The third-order valence-corrected chi connectivity index (χ3v) is 2.78. The summed E-state index contributed by atoms with van der Waals surface area (Å²) in [4.78, 5) is 11.4. The van der Waals surface area contributed by atoms with Gasteiger partial charge in [-0.3, -0.25) is 9.48 Å². The number of benzene rings is 1. The van der Waals surface area contributed by atoms with Crippen LogP contribution in [-0.2, 0) is 6.54 Å². The third-order valence-electron chi connectivity index (χ3n) is 2.78. The van der Waals surface area contributed by atoms with E-state index in [4.69, 9.17) is 0 Å². The Morgan fingerprint density at radius 2 is 2.10 bits per heavy atom. The van der Waals surface area contributed by atoms with Gasteiger partial charge in [-0.15, -0.1) is 0 Å². The van der Waals surface area contributed by atoms with E-state index in [0.717, 1.165) is 4.68 Å². The molecule has 0 saturated carbocycles. The second-order valence-corrected chi connectivity index (χ2v) is 4.35.